The van der Waals surface area contributed by atoms with Crippen LogP contribution in [0.4, 0.5) is 0 Å². The van der Waals surface area contributed by atoms with Gasteiger partial charge in [0.2, 0.25) is 0 Å². The third kappa shape index (κ3) is 2.08. The van der Waals surface area contributed by atoms with Gasteiger partial charge in [-0.15, -0.1) is 12.4 Å². The van der Waals surface area contributed by atoms with Crippen molar-refractivity contribution in [2.45, 2.75) is 12.5 Å². The number of nitrogens with one attached hydrogen (secondary N) is 1. The summed E-state index contributed by atoms with van der Waals surface area (Å²) in [6, 6.07) is 3.83. The van der Waals surface area contributed by atoms with E-state index in [2.05, 4.69) is 16.4 Å². The number of nitrogens with zero attached hydrogens (tertiary/aromatic N) is 2. The summed E-state index contributed by atoms with van der Waals surface area (Å²) in [5.74, 6) is 1.84. The Balaban J connectivity index is 0.00000108. The van der Waals surface area contributed by atoms with Crippen molar-refractivity contribution in [3.8, 4) is 11.8 Å². The summed E-state index contributed by atoms with van der Waals surface area (Å²) in [5.41, 5.74) is 0.577. The van der Waals surface area contributed by atoms with Gasteiger partial charge >= 0.3 is 0 Å². The van der Waals surface area contributed by atoms with Crippen LogP contribution in [0.15, 0.2) is 18.5 Å². The number of rotatable bonds is 2. The van der Waals surface area contributed by atoms with Gasteiger partial charge in [-0.05, 0) is 12.5 Å². The number of hydrogen-bond acceptors (Lipinski definition) is 4. The van der Waals surface area contributed by atoms with Gasteiger partial charge in [0, 0.05) is 31.1 Å². The van der Waals surface area contributed by atoms with Crippen molar-refractivity contribution in [2.75, 3.05) is 13.1 Å². The van der Waals surface area contributed by atoms with Gasteiger partial charge in [0.25, 0.3) is 0 Å². The number of ether oxygens (including phenoxy) is 1. The molecule has 5 heteroatoms. The van der Waals surface area contributed by atoms with Crippen LogP contribution in [-0.4, -0.2) is 24.2 Å². The SMILES string of the molecule is Cl.N#Cc1ccncc1OC1[C@@H]2CNC[C@H]1C2. The van der Waals surface area contributed by atoms with E-state index in [1.807, 2.05) is 0 Å². The highest BCUT2D eigenvalue weighted by atomic mass is 35.5. The van der Waals surface area contributed by atoms with Gasteiger partial charge in [0.15, 0.2) is 5.75 Å². The first-order valence-electron chi connectivity index (χ1n) is 5.60. The Hall–Kier alpha value is -1.31. The predicted molar refractivity (Wildman–Crippen MR) is 65.1 cm³/mol. The molecule has 0 radical (unpaired) electrons. The minimum Gasteiger partial charge on any atom is -0.487 e. The molecule has 2 bridgehead atoms. The minimum atomic E-state index is 0. The molecule has 2 fully saturated rings. The molecule has 0 aromatic carbocycles. The molecule has 2 aliphatic rings. The van der Waals surface area contributed by atoms with E-state index in [-0.39, 0.29) is 18.5 Å². The van der Waals surface area contributed by atoms with Crippen LogP contribution < -0.4 is 10.1 Å². The van der Waals surface area contributed by atoms with E-state index in [0.29, 0.717) is 23.1 Å². The van der Waals surface area contributed by atoms with Gasteiger partial charge in [0.1, 0.15) is 12.2 Å². The molecule has 0 amide bonds. The average Bonchev–Trinajstić information content (AvgIpc) is 2.37. The first-order chi connectivity index (χ1) is 7.88. The smallest absolute Gasteiger partial charge is 0.155 e. The van der Waals surface area contributed by atoms with Gasteiger partial charge in [-0.1, -0.05) is 0 Å². The monoisotopic (exact) mass is 251 g/mol. The third-order valence-electron chi connectivity index (χ3n) is 3.52. The first-order valence-corrected chi connectivity index (χ1v) is 5.60. The van der Waals surface area contributed by atoms with Crippen molar-refractivity contribution in [1.29, 1.82) is 5.26 Å². The highest BCUT2D eigenvalue weighted by Gasteiger charge is 2.45. The molecule has 1 aromatic heterocycles. The van der Waals surface area contributed by atoms with E-state index < -0.39 is 0 Å². The molecule has 0 spiro atoms. The molecular weight excluding hydrogens is 238 g/mol. The van der Waals surface area contributed by atoms with Crippen molar-refractivity contribution in [2.24, 2.45) is 11.8 Å². The Morgan fingerprint density at radius 1 is 1.41 bits per heavy atom. The number of nitriles is 1. The third-order valence-corrected chi connectivity index (χ3v) is 3.52. The normalized spacial score (nSPS) is 29.5. The summed E-state index contributed by atoms with van der Waals surface area (Å²) in [7, 11) is 0. The molecule has 1 saturated heterocycles. The molecule has 1 aliphatic carbocycles. The number of hydrogen-bond donors (Lipinski definition) is 1. The lowest BCUT2D eigenvalue weighted by Gasteiger charge is -2.48. The van der Waals surface area contributed by atoms with Gasteiger partial charge in [0.05, 0.1) is 11.8 Å². The molecule has 1 aliphatic heterocycles. The molecule has 90 valence electrons. The number of pyridine rings is 1. The van der Waals surface area contributed by atoms with E-state index >= 15 is 0 Å². The van der Waals surface area contributed by atoms with Gasteiger partial charge in [-0.3, -0.25) is 4.98 Å². The molecule has 1 N–H and O–H groups in total. The Morgan fingerprint density at radius 3 is 2.82 bits per heavy atom. The predicted octanol–water partition coefficient (Wildman–Crippen LogP) is 1.36. The largest absolute Gasteiger partial charge is 0.487 e. The van der Waals surface area contributed by atoms with Crippen LogP contribution in [0, 0.1) is 23.2 Å². The Labute approximate surface area is 106 Å². The number of fused-ring (bicyclic) bond motifs is 2. The summed E-state index contributed by atoms with van der Waals surface area (Å²) in [5, 5.41) is 12.3. The lowest BCUT2D eigenvalue weighted by atomic mass is 9.69. The van der Waals surface area contributed by atoms with Crippen LogP contribution in [0.2, 0.25) is 0 Å². The van der Waals surface area contributed by atoms with Crippen LogP contribution in [-0.2, 0) is 0 Å². The molecule has 17 heavy (non-hydrogen) atoms. The van der Waals surface area contributed by atoms with Crippen molar-refractivity contribution < 1.29 is 4.74 Å². The second kappa shape index (κ2) is 4.91. The number of piperidine rings is 2. The van der Waals surface area contributed by atoms with Gasteiger partial charge in [-0.25, -0.2) is 0 Å². The lowest BCUT2D eigenvalue weighted by molar-refractivity contribution is -0.0449. The summed E-state index contributed by atoms with van der Waals surface area (Å²) in [4.78, 5) is 4.01. The van der Waals surface area contributed by atoms with Crippen molar-refractivity contribution in [1.82, 2.24) is 10.3 Å². The van der Waals surface area contributed by atoms with Crippen LogP contribution in [0.25, 0.3) is 0 Å². The number of halogens is 1. The molecule has 1 aromatic rings. The molecule has 4 nitrogen and oxygen atoms in total. The van der Waals surface area contributed by atoms with E-state index in [1.54, 1.807) is 18.5 Å². The van der Waals surface area contributed by atoms with Gasteiger partial charge < -0.3 is 10.1 Å². The van der Waals surface area contributed by atoms with Crippen LogP contribution >= 0.6 is 12.4 Å². The maximum absolute atomic E-state index is 8.95. The fourth-order valence-electron chi connectivity index (χ4n) is 2.60. The molecule has 3 atom stereocenters. The second-order valence-electron chi connectivity index (χ2n) is 4.48. The zero-order valence-electron chi connectivity index (χ0n) is 9.30. The standard InChI is InChI=1S/C12H13N3O.ClH/c13-4-8-1-2-14-7-11(8)16-12-9-3-10(12)6-15-5-9;/h1-2,7,9-10,12,15H,3,5-6H2;1H/t9-,10+,12?;. The lowest BCUT2D eigenvalue weighted by Crippen LogP contribution is -2.59. The minimum absolute atomic E-state index is 0. The van der Waals surface area contributed by atoms with Crippen LogP contribution in [0.1, 0.15) is 12.0 Å². The van der Waals surface area contributed by atoms with Crippen molar-refractivity contribution in [3.63, 3.8) is 0 Å². The zero-order chi connectivity index (χ0) is 11.0. The van der Waals surface area contributed by atoms with Gasteiger partial charge in [-0.2, -0.15) is 5.26 Å². The Bertz CT molecular complexity index is 432. The highest BCUT2D eigenvalue weighted by molar-refractivity contribution is 5.85. The number of aromatic nitrogens is 1. The average molecular weight is 252 g/mol. The van der Waals surface area contributed by atoms with Crippen molar-refractivity contribution in [3.05, 3.63) is 24.0 Å². The zero-order valence-corrected chi connectivity index (χ0v) is 10.1. The quantitative estimate of drug-likeness (QED) is 0.862. The van der Waals surface area contributed by atoms with Crippen LogP contribution in [0.3, 0.4) is 0 Å². The van der Waals surface area contributed by atoms with E-state index in [9.17, 15) is 0 Å². The summed E-state index contributed by atoms with van der Waals surface area (Å²) < 4.78 is 5.91. The van der Waals surface area contributed by atoms with E-state index in [0.717, 1.165) is 13.1 Å². The first kappa shape index (κ1) is 12.2. The maximum atomic E-state index is 8.95. The molecule has 1 unspecified atom stereocenters. The topological polar surface area (TPSA) is 57.9 Å². The summed E-state index contributed by atoms with van der Waals surface area (Å²) in [6.07, 6.45) is 4.78. The Kier molecular flexibility index (Phi) is 3.51. The fourth-order valence-corrected chi connectivity index (χ4v) is 2.60. The molecule has 3 rings (SSSR count). The molecular formula is C12H14ClN3O. The highest BCUT2D eigenvalue weighted by Crippen LogP contribution is 2.39. The van der Waals surface area contributed by atoms with Crippen molar-refractivity contribution >= 4 is 12.4 Å². The fraction of sp³-hybridized carbons (Fsp3) is 0.500. The van der Waals surface area contributed by atoms with E-state index in [4.69, 9.17) is 10.00 Å². The summed E-state index contributed by atoms with van der Waals surface area (Å²) >= 11 is 0. The molecule has 1 saturated carbocycles. The molecule has 2 heterocycles. The van der Waals surface area contributed by atoms with E-state index in [1.165, 1.54) is 6.42 Å². The summed E-state index contributed by atoms with van der Waals surface area (Å²) in [6.45, 7) is 2.06. The maximum Gasteiger partial charge on any atom is 0.155 e. The van der Waals surface area contributed by atoms with Crippen LogP contribution in [0.5, 0.6) is 5.75 Å². The second-order valence-corrected chi connectivity index (χ2v) is 4.48. The Morgan fingerprint density at radius 2 is 2.18 bits per heavy atom.